The van der Waals surface area contributed by atoms with Crippen LogP contribution < -0.4 is 0 Å². The smallest absolute Gasteiger partial charge is 0.480 e. The van der Waals surface area contributed by atoms with E-state index in [9.17, 15) is 23.1 Å². The fourth-order valence-corrected chi connectivity index (χ4v) is 3.33. The monoisotopic (exact) mass is 434 g/mol. The van der Waals surface area contributed by atoms with Gasteiger partial charge in [-0.05, 0) is 39.5 Å². The molecule has 170 valence electrons. The molecule has 1 aromatic heterocycles. The van der Waals surface area contributed by atoms with E-state index in [0.717, 1.165) is 45.6 Å². The summed E-state index contributed by atoms with van der Waals surface area (Å²) in [4.78, 5) is 24.9. The lowest BCUT2D eigenvalue weighted by Gasteiger charge is -2.37. The molecule has 2 fully saturated rings. The molecule has 2 N–H and O–H groups in total. The Labute approximate surface area is 173 Å². The molecule has 2 aliphatic rings. The number of nitrogens with zero attached hydrogens (tertiary/aromatic N) is 4. The molecule has 11 heteroatoms. The van der Waals surface area contributed by atoms with Crippen LogP contribution in [0.2, 0.25) is 0 Å². The summed E-state index contributed by atoms with van der Waals surface area (Å²) in [5.41, 5.74) is 1.24. The van der Waals surface area contributed by atoms with Gasteiger partial charge in [0.25, 0.3) is 0 Å². The summed E-state index contributed by atoms with van der Waals surface area (Å²) >= 11 is 0. The van der Waals surface area contributed by atoms with Gasteiger partial charge < -0.3 is 10.2 Å². The van der Waals surface area contributed by atoms with Gasteiger partial charge in [-0.1, -0.05) is 0 Å². The molecule has 0 spiro atoms. The van der Waals surface area contributed by atoms with Crippen molar-refractivity contribution in [3.63, 3.8) is 0 Å². The molecular formula is C19H29F3N4O4. The third-order valence-corrected chi connectivity index (χ3v) is 5.09. The van der Waals surface area contributed by atoms with E-state index in [1.807, 2.05) is 10.9 Å². The molecule has 30 heavy (non-hydrogen) atoms. The first kappa shape index (κ1) is 24.1. The lowest BCUT2D eigenvalue weighted by Crippen LogP contribution is -2.53. The molecule has 1 saturated heterocycles. The quantitative estimate of drug-likeness (QED) is 0.733. The van der Waals surface area contributed by atoms with E-state index in [2.05, 4.69) is 41.9 Å². The number of halogens is 3. The molecule has 8 nitrogen and oxygen atoms in total. The van der Waals surface area contributed by atoms with Crippen molar-refractivity contribution in [3.8, 4) is 0 Å². The van der Waals surface area contributed by atoms with E-state index in [1.165, 1.54) is 5.56 Å². The maximum Gasteiger partial charge on any atom is 0.490 e. The zero-order chi connectivity index (χ0) is 22.7. The maximum absolute atomic E-state index is 11.5. The van der Waals surface area contributed by atoms with Crippen LogP contribution in [0.25, 0.3) is 0 Å². The highest BCUT2D eigenvalue weighted by Crippen LogP contribution is 2.36. The SMILES string of the molecule is CC(C)(C)n1cc(CN2CCN(C(C(=O)O)C3CC3)CC2)cn1.O=C(O)C(F)(F)F. The van der Waals surface area contributed by atoms with E-state index >= 15 is 0 Å². The van der Waals surface area contributed by atoms with Crippen LogP contribution in [0.5, 0.6) is 0 Å². The van der Waals surface area contributed by atoms with Crippen molar-refractivity contribution in [2.75, 3.05) is 26.2 Å². The zero-order valence-electron chi connectivity index (χ0n) is 17.4. The molecule has 1 aromatic rings. The van der Waals surface area contributed by atoms with Gasteiger partial charge in [0, 0.05) is 44.5 Å². The lowest BCUT2D eigenvalue weighted by atomic mass is 10.1. The highest BCUT2D eigenvalue weighted by Gasteiger charge is 2.41. The number of piperazine rings is 1. The molecule has 1 aliphatic carbocycles. The Balaban J connectivity index is 0.000000396. The molecule has 1 saturated carbocycles. The Kier molecular flexibility index (Phi) is 7.51. The number of aliphatic carboxylic acids is 2. The van der Waals surface area contributed by atoms with Crippen LogP contribution in [-0.2, 0) is 21.7 Å². The van der Waals surface area contributed by atoms with Gasteiger partial charge in [0.1, 0.15) is 6.04 Å². The first-order chi connectivity index (χ1) is 13.8. The van der Waals surface area contributed by atoms with E-state index in [0.29, 0.717) is 5.92 Å². The fraction of sp³-hybridized carbons (Fsp3) is 0.737. The summed E-state index contributed by atoms with van der Waals surface area (Å²) in [6.07, 6.45) is 1.13. The number of alkyl halides is 3. The number of hydrogen-bond acceptors (Lipinski definition) is 5. The summed E-state index contributed by atoms with van der Waals surface area (Å²) in [6, 6.07) is -0.263. The van der Waals surface area contributed by atoms with E-state index < -0.39 is 18.1 Å². The van der Waals surface area contributed by atoms with Gasteiger partial charge in [0.15, 0.2) is 0 Å². The summed E-state index contributed by atoms with van der Waals surface area (Å²) in [5, 5.41) is 21.0. The normalized spacial score (nSPS) is 19.7. The summed E-state index contributed by atoms with van der Waals surface area (Å²) in [7, 11) is 0. The number of aromatic nitrogens is 2. The topological polar surface area (TPSA) is 98.9 Å². The second-order valence-electron chi connectivity index (χ2n) is 8.70. The molecular weight excluding hydrogens is 405 g/mol. The van der Waals surface area contributed by atoms with E-state index in [4.69, 9.17) is 9.90 Å². The number of carbonyl (C=O) groups is 2. The highest BCUT2D eigenvalue weighted by atomic mass is 19.4. The maximum atomic E-state index is 11.5. The van der Waals surface area contributed by atoms with E-state index in [1.54, 1.807) is 0 Å². The Hall–Kier alpha value is -2.14. The molecule has 1 unspecified atom stereocenters. The molecule has 0 radical (unpaired) electrons. The van der Waals surface area contributed by atoms with Crippen molar-refractivity contribution in [3.05, 3.63) is 18.0 Å². The van der Waals surface area contributed by atoms with Crippen LogP contribution in [0.1, 0.15) is 39.2 Å². The zero-order valence-corrected chi connectivity index (χ0v) is 17.4. The molecule has 1 atom stereocenters. The molecule has 0 aromatic carbocycles. The van der Waals surface area contributed by atoms with Crippen LogP contribution in [0, 0.1) is 5.92 Å². The standard InChI is InChI=1S/C17H28N4O2.C2HF3O2/c1-17(2,3)21-12-13(10-18-21)11-19-6-8-20(9-7-19)15(16(22)23)14-4-5-14;3-2(4,5)1(6)7/h10,12,14-15H,4-9,11H2,1-3H3,(H,22,23);(H,6,7). The third kappa shape index (κ3) is 6.98. The van der Waals surface area contributed by atoms with Gasteiger partial charge in [-0.3, -0.25) is 19.3 Å². The Morgan fingerprint density at radius 3 is 2.03 bits per heavy atom. The van der Waals surface area contributed by atoms with Crippen molar-refractivity contribution in [1.82, 2.24) is 19.6 Å². The average molecular weight is 434 g/mol. The highest BCUT2D eigenvalue weighted by molar-refractivity contribution is 5.74. The molecule has 0 amide bonds. The van der Waals surface area contributed by atoms with Crippen molar-refractivity contribution in [2.45, 2.75) is 57.9 Å². The average Bonchev–Trinajstić information content (AvgIpc) is 3.31. The predicted octanol–water partition coefficient (Wildman–Crippen LogP) is 2.25. The minimum Gasteiger partial charge on any atom is -0.480 e. The lowest BCUT2D eigenvalue weighted by molar-refractivity contribution is -0.192. The Bertz CT molecular complexity index is 733. The molecule has 2 heterocycles. The van der Waals surface area contributed by atoms with Gasteiger partial charge in [-0.25, -0.2) is 4.79 Å². The fourth-order valence-electron chi connectivity index (χ4n) is 3.33. The van der Waals surface area contributed by atoms with Gasteiger partial charge in [0.2, 0.25) is 0 Å². The number of carboxylic acid groups (broad SMARTS) is 2. The second-order valence-corrected chi connectivity index (χ2v) is 8.70. The van der Waals surface area contributed by atoms with Crippen LogP contribution in [0.3, 0.4) is 0 Å². The Morgan fingerprint density at radius 1 is 1.13 bits per heavy atom. The minimum absolute atomic E-state index is 0.00984. The Morgan fingerprint density at radius 2 is 1.67 bits per heavy atom. The minimum atomic E-state index is -5.08. The summed E-state index contributed by atoms with van der Waals surface area (Å²) in [6.45, 7) is 10.9. The second kappa shape index (κ2) is 9.34. The van der Waals surface area contributed by atoms with Gasteiger partial charge >= 0.3 is 18.1 Å². The van der Waals surface area contributed by atoms with Crippen molar-refractivity contribution >= 4 is 11.9 Å². The number of rotatable bonds is 5. The molecule has 1 aliphatic heterocycles. The summed E-state index contributed by atoms with van der Waals surface area (Å²) in [5.74, 6) is -3.02. The first-order valence-electron chi connectivity index (χ1n) is 9.82. The van der Waals surface area contributed by atoms with E-state index in [-0.39, 0.29) is 11.6 Å². The largest absolute Gasteiger partial charge is 0.490 e. The van der Waals surface area contributed by atoms with Crippen LogP contribution in [-0.4, -0.2) is 80.1 Å². The van der Waals surface area contributed by atoms with Crippen molar-refractivity contribution in [2.24, 2.45) is 5.92 Å². The predicted molar refractivity (Wildman–Crippen MR) is 102 cm³/mol. The molecule has 3 rings (SSSR count). The first-order valence-corrected chi connectivity index (χ1v) is 9.82. The van der Waals surface area contributed by atoms with Gasteiger partial charge in [-0.15, -0.1) is 0 Å². The number of hydrogen-bond donors (Lipinski definition) is 2. The van der Waals surface area contributed by atoms with Gasteiger partial charge in [-0.2, -0.15) is 18.3 Å². The molecule has 0 bridgehead atoms. The number of carboxylic acids is 2. The van der Waals surface area contributed by atoms with Crippen LogP contribution in [0.4, 0.5) is 13.2 Å². The van der Waals surface area contributed by atoms with Crippen molar-refractivity contribution < 1.29 is 33.0 Å². The van der Waals surface area contributed by atoms with Gasteiger partial charge in [0.05, 0.1) is 11.7 Å². The van der Waals surface area contributed by atoms with Crippen molar-refractivity contribution in [1.29, 1.82) is 0 Å². The summed E-state index contributed by atoms with van der Waals surface area (Å²) < 4.78 is 33.7. The van der Waals surface area contributed by atoms with Crippen LogP contribution in [0.15, 0.2) is 12.4 Å². The van der Waals surface area contributed by atoms with Crippen LogP contribution >= 0.6 is 0 Å². The third-order valence-electron chi connectivity index (χ3n) is 5.09.